The summed E-state index contributed by atoms with van der Waals surface area (Å²) in [4.78, 5) is 37.5. The molecule has 3 rings (SSSR count). The molecule has 3 N–H and O–H groups in total. The van der Waals surface area contributed by atoms with Gasteiger partial charge in [0.1, 0.15) is 16.4 Å². The SMILES string of the molecule is C=CC(C)(C)c1[nH]cnc1/C=c1\[nH]c(=O)/c(=C/c2ccc(OC)cc2)[nH]c1=O. The molecule has 0 unspecified atom stereocenters. The summed E-state index contributed by atoms with van der Waals surface area (Å²) in [6.07, 6.45) is 6.49. The highest BCUT2D eigenvalue weighted by atomic mass is 16.5. The maximum atomic E-state index is 12.5. The third kappa shape index (κ3) is 3.88. The van der Waals surface area contributed by atoms with Crippen LogP contribution in [-0.2, 0) is 5.41 Å². The fourth-order valence-electron chi connectivity index (χ4n) is 2.73. The van der Waals surface area contributed by atoms with Crippen molar-refractivity contribution in [1.29, 1.82) is 0 Å². The van der Waals surface area contributed by atoms with Gasteiger partial charge in [-0.25, -0.2) is 4.98 Å². The lowest BCUT2D eigenvalue weighted by Crippen LogP contribution is -2.46. The monoisotopic (exact) mass is 378 g/mol. The summed E-state index contributed by atoms with van der Waals surface area (Å²) in [6, 6.07) is 7.15. The summed E-state index contributed by atoms with van der Waals surface area (Å²) >= 11 is 0. The Kier molecular flexibility index (Phi) is 5.17. The number of hydrogen-bond acceptors (Lipinski definition) is 4. The molecule has 1 aromatic carbocycles. The highest BCUT2D eigenvalue weighted by Crippen LogP contribution is 2.24. The number of imidazole rings is 1. The Bertz CT molecular complexity index is 1230. The molecule has 2 heterocycles. The molecule has 0 fully saturated rings. The average Bonchev–Trinajstić information content (AvgIpc) is 3.15. The molecule has 28 heavy (non-hydrogen) atoms. The molecule has 0 atom stereocenters. The van der Waals surface area contributed by atoms with E-state index in [0.717, 1.165) is 11.3 Å². The third-order valence-electron chi connectivity index (χ3n) is 4.52. The van der Waals surface area contributed by atoms with Crippen molar-refractivity contribution in [3.63, 3.8) is 0 Å². The second-order valence-electron chi connectivity index (χ2n) is 6.89. The van der Waals surface area contributed by atoms with Gasteiger partial charge in [-0.2, -0.15) is 0 Å². The molecule has 0 aliphatic rings. The van der Waals surface area contributed by atoms with Crippen LogP contribution in [0.25, 0.3) is 12.2 Å². The first-order valence-corrected chi connectivity index (χ1v) is 8.71. The van der Waals surface area contributed by atoms with Crippen LogP contribution >= 0.6 is 0 Å². The van der Waals surface area contributed by atoms with E-state index in [9.17, 15) is 9.59 Å². The van der Waals surface area contributed by atoms with Gasteiger partial charge in [0.25, 0.3) is 11.1 Å². The molecule has 7 nitrogen and oxygen atoms in total. The van der Waals surface area contributed by atoms with Gasteiger partial charge in [0.05, 0.1) is 24.8 Å². The van der Waals surface area contributed by atoms with Gasteiger partial charge in [-0.3, -0.25) is 9.59 Å². The topological polar surface area (TPSA) is 104 Å². The number of methoxy groups -OCH3 is 1. The number of allylic oxidation sites excluding steroid dienone is 1. The van der Waals surface area contributed by atoms with Gasteiger partial charge in [-0.15, -0.1) is 6.58 Å². The van der Waals surface area contributed by atoms with Crippen molar-refractivity contribution < 1.29 is 4.74 Å². The zero-order chi connectivity index (χ0) is 20.3. The number of aromatic amines is 3. The van der Waals surface area contributed by atoms with E-state index in [1.54, 1.807) is 55.9 Å². The highest BCUT2D eigenvalue weighted by Gasteiger charge is 2.21. The number of nitrogens with zero attached hydrogens (tertiary/aromatic N) is 1. The second kappa shape index (κ2) is 7.56. The molecule has 0 spiro atoms. The summed E-state index contributed by atoms with van der Waals surface area (Å²) in [5.41, 5.74) is 0.958. The first-order valence-electron chi connectivity index (χ1n) is 8.71. The van der Waals surface area contributed by atoms with Gasteiger partial charge in [-0.05, 0) is 29.8 Å². The van der Waals surface area contributed by atoms with E-state index in [0.29, 0.717) is 11.4 Å². The molecule has 3 aromatic rings. The lowest BCUT2D eigenvalue weighted by molar-refractivity contribution is 0.415. The first kappa shape index (κ1) is 19.2. The molecular formula is C21H22N4O3. The number of rotatable bonds is 5. The Hall–Kier alpha value is -3.61. The van der Waals surface area contributed by atoms with Crippen molar-refractivity contribution in [3.8, 4) is 5.75 Å². The zero-order valence-corrected chi connectivity index (χ0v) is 16.0. The fraction of sp³-hybridized carbons (Fsp3) is 0.190. The van der Waals surface area contributed by atoms with E-state index in [-0.39, 0.29) is 16.1 Å². The Morgan fingerprint density at radius 1 is 1.04 bits per heavy atom. The summed E-state index contributed by atoms with van der Waals surface area (Å²) in [5, 5.41) is 0.297. The lowest BCUT2D eigenvalue weighted by atomic mass is 9.88. The molecular weight excluding hydrogens is 356 g/mol. The number of aromatic nitrogens is 4. The second-order valence-corrected chi connectivity index (χ2v) is 6.89. The summed E-state index contributed by atoms with van der Waals surface area (Å²) in [7, 11) is 1.58. The van der Waals surface area contributed by atoms with Gasteiger partial charge < -0.3 is 19.7 Å². The summed E-state index contributed by atoms with van der Waals surface area (Å²) in [5.74, 6) is 0.710. The van der Waals surface area contributed by atoms with Gasteiger partial charge >= 0.3 is 0 Å². The van der Waals surface area contributed by atoms with E-state index in [4.69, 9.17) is 4.74 Å². The van der Waals surface area contributed by atoms with Crippen LogP contribution < -0.4 is 26.6 Å². The van der Waals surface area contributed by atoms with Crippen LogP contribution in [0.4, 0.5) is 0 Å². The number of benzene rings is 1. The molecule has 0 saturated carbocycles. The molecule has 0 amide bonds. The molecule has 0 saturated heterocycles. The normalized spacial score (nSPS) is 13.0. The standard InChI is InChI=1S/C21H22N4O3/c1-5-21(2,3)18-15(22-12-23-18)11-17-20(27)24-16(19(26)25-17)10-13-6-8-14(28-4)9-7-13/h5-12H,1H2,2-4H3,(H,22,23)(H,24,27)(H,25,26)/b16-10-,17-11-. The number of H-pyrrole nitrogens is 3. The van der Waals surface area contributed by atoms with E-state index in [1.165, 1.54) is 0 Å². The van der Waals surface area contributed by atoms with Gasteiger partial charge in [0.2, 0.25) is 0 Å². The molecule has 0 aliphatic carbocycles. The lowest BCUT2D eigenvalue weighted by Gasteiger charge is -2.18. The van der Waals surface area contributed by atoms with E-state index < -0.39 is 11.1 Å². The smallest absolute Gasteiger partial charge is 0.272 e. The minimum absolute atomic E-state index is 0.130. The van der Waals surface area contributed by atoms with E-state index in [2.05, 4.69) is 26.5 Å². The van der Waals surface area contributed by atoms with Crippen molar-refractivity contribution in [1.82, 2.24) is 19.9 Å². The summed E-state index contributed by atoms with van der Waals surface area (Å²) in [6.45, 7) is 7.78. The quantitative estimate of drug-likeness (QED) is 0.574. The number of nitrogens with one attached hydrogen (secondary N) is 3. The largest absolute Gasteiger partial charge is 0.497 e. The predicted molar refractivity (Wildman–Crippen MR) is 109 cm³/mol. The van der Waals surface area contributed by atoms with Crippen molar-refractivity contribution in [2.75, 3.05) is 7.11 Å². The van der Waals surface area contributed by atoms with Gasteiger partial charge in [0, 0.05) is 5.41 Å². The molecule has 0 bridgehead atoms. The average molecular weight is 378 g/mol. The highest BCUT2D eigenvalue weighted by molar-refractivity contribution is 5.51. The van der Waals surface area contributed by atoms with E-state index >= 15 is 0 Å². The van der Waals surface area contributed by atoms with Gasteiger partial charge in [0.15, 0.2) is 0 Å². The van der Waals surface area contributed by atoms with Crippen LogP contribution in [0.2, 0.25) is 0 Å². The maximum absolute atomic E-state index is 12.5. The van der Waals surface area contributed by atoms with E-state index in [1.807, 2.05) is 13.8 Å². The van der Waals surface area contributed by atoms with Crippen LogP contribution in [0.15, 0.2) is 52.8 Å². The first-order chi connectivity index (χ1) is 13.3. The number of ether oxygens (including phenoxy) is 1. The zero-order valence-electron chi connectivity index (χ0n) is 16.0. The Morgan fingerprint density at radius 3 is 2.21 bits per heavy atom. The fourth-order valence-corrected chi connectivity index (χ4v) is 2.73. The van der Waals surface area contributed by atoms with Crippen LogP contribution in [0.5, 0.6) is 5.75 Å². The Balaban J connectivity index is 2.09. The van der Waals surface area contributed by atoms with Crippen molar-refractivity contribution >= 4 is 12.2 Å². The van der Waals surface area contributed by atoms with Crippen molar-refractivity contribution in [2.45, 2.75) is 19.3 Å². The number of hydrogen-bond donors (Lipinski definition) is 3. The molecule has 0 aliphatic heterocycles. The van der Waals surface area contributed by atoms with Gasteiger partial charge in [-0.1, -0.05) is 32.1 Å². The van der Waals surface area contributed by atoms with Crippen LogP contribution in [-0.4, -0.2) is 27.0 Å². The maximum Gasteiger partial charge on any atom is 0.272 e. The molecule has 7 heteroatoms. The Labute approximate surface area is 161 Å². The Morgan fingerprint density at radius 2 is 1.64 bits per heavy atom. The van der Waals surface area contributed by atoms with Crippen molar-refractivity contribution in [2.24, 2.45) is 0 Å². The molecule has 144 valence electrons. The molecule has 0 radical (unpaired) electrons. The van der Waals surface area contributed by atoms with Crippen LogP contribution in [0.1, 0.15) is 30.8 Å². The van der Waals surface area contributed by atoms with Crippen molar-refractivity contribution in [3.05, 3.63) is 91.6 Å². The summed E-state index contributed by atoms with van der Waals surface area (Å²) < 4.78 is 5.11. The predicted octanol–water partition coefficient (Wildman–Crippen LogP) is 0.916. The van der Waals surface area contributed by atoms with Crippen LogP contribution in [0, 0.1) is 0 Å². The minimum atomic E-state index is -0.412. The third-order valence-corrected chi connectivity index (χ3v) is 4.52. The van der Waals surface area contributed by atoms with Crippen LogP contribution in [0.3, 0.4) is 0 Å². The minimum Gasteiger partial charge on any atom is -0.497 e. The molecule has 2 aromatic heterocycles.